The van der Waals surface area contributed by atoms with Gasteiger partial charge in [-0.2, -0.15) is 0 Å². The average molecular weight is 527 g/mol. The monoisotopic (exact) mass is 526 g/mol. The number of aliphatic hydroxyl groups excluding tert-OH is 2. The fraction of sp³-hybridized carbons (Fsp3) is 0.808. The molecule has 0 spiro atoms. The molecule has 0 aromatic carbocycles. The predicted molar refractivity (Wildman–Crippen MR) is 126 cm³/mol. The zero-order chi connectivity index (χ0) is 27.9. The van der Waals surface area contributed by atoms with Crippen LogP contribution in [0.3, 0.4) is 0 Å². The summed E-state index contributed by atoms with van der Waals surface area (Å²) in [6.45, 7) is 9.92. The molecule has 0 aromatic heterocycles. The van der Waals surface area contributed by atoms with Crippen LogP contribution in [0.25, 0.3) is 0 Å². The first-order valence-corrected chi connectivity index (χ1v) is 12.6. The molecule has 37 heavy (non-hydrogen) atoms. The van der Waals surface area contributed by atoms with E-state index in [9.17, 15) is 34.8 Å². The summed E-state index contributed by atoms with van der Waals surface area (Å²) in [5, 5.41) is 47.9. The number of carbonyl (C=O) groups excluding carboxylic acids is 3. The van der Waals surface area contributed by atoms with Gasteiger partial charge in [0.1, 0.15) is 29.5 Å². The van der Waals surface area contributed by atoms with E-state index in [0.717, 1.165) is 0 Å². The standard InChI is InChI=1S/C26H38O11/c1-11-15(35-12(2)27)9-26(33)22-20-24(7,21(31)19(37-14(4)29)18(11)23(26,5)6)16(30)8-17(36-13(3)28)25(20,32)10-34-22/h15-17,19-22,30-33H,8-10H2,1-7H3/t15-,16-,17-,19+,20-,21-,22-,24+,25-,26+/m0/s1. The highest BCUT2D eigenvalue weighted by atomic mass is 16.6. The van der Waals surface area contributed by atoms with Gasteiger partial charge in [-0.25, -0.2) is 0 Å². The summed E-state index contributed by atoms with van der Waals surface area (Å²) >= 11 is 0. The van der Waals surface area contributed by atoms with Crippen molar-refractivity contribution >= 4 is 17.9 Å². The van der Waals surface area contributed by atoms with Gasteiger partial charge in [0.05, 0.1) is 18.8 Å². The zero-order valence-corrected chi connectivity index (χ0v) is 22.3. The van der Waals surface area contributed by atoms with Crippen LogP contribution >= 0.6 is 0 Å². The maximum absolute atomic E-state index is 12.5. The van der Waals surface area contributed by atoms with E-state index in [1.807, 2.05) is 0 Å². The fourth-order valence-electron chi connectivity index (χ4n) is 7.60. The lowest BCUT2D eigenvalue weighted by atomic mass is 9.46. The Labute approximate surface area is 215 Å². The minimum Gasteiger partial charge on any atom is -0.459 e. The topological polar surface area (TPSA) is 169 Å². The molecule has 4 aliphatic rings. The van der Waals surface area contributed by atoms with Crippen molar-refractivity contribution in [1.29, 1.82) is 0 Å². The number of aliphatic hydroxyl groups is 4. The van der Waals surface area contributed by atoms with Crippen LogP contribution in [0.5, 0.6) is 0 Å². The van der Waals surface area contributed by atoms with E-state index in [-0.39, 0.29) is 19.4 Å². The molecule has 0 unspecified atom stereocenters. The fourth-order valence-corrected chi connectivity index (χ4v) is 7.60. The summed E-state index contributed by atoms with van der Waals surface area (Å²) in [5.74, 6) is -3.14. The zero-order valence-electron chi connectivity index (χ0n) is 22.3. The van der Waals surface area contributed by atoms with Crippen LogP contribution in [0, 0.1) is 16.7 Å². The van der Waals surface area contributed by atoms with E-state index in [1.54, 1.807) is 27.7 Å². The first kappa shape index (κ1) is 28.0. The van der Waals surface area contributed by atoms with Crippen LogP contribution in [0.4, 0.5) is 0 Å². The molecule has 4 rings (SSSR count). The average Bonchev–Trinajstić information content (AvgIpc) is 3.13. The van der Waals surface area contributed by atoms with Crippen molar-refractivity contribution in [1.82, 2.24) is 0 Å². The summed E-state index contributed by atoms with van der Waals surface area (Å²) in [5.41, 5.74) is -5.64. The molecule has 1 aliphatic heterocycles. The second-order valence-corrected chi connectivity index (χ2v) is 11.8. The van der Waals surface area contributed by atoms with Crippen molar-refractivity contribution in [3.8, 4) is 0 Å². The number of hydrogen-bond acceptors (Lipinski definition) is 11. The Kier molecular flexibility index (Phi) is 6.61. The molecule has 11 heteroatoms. The van der Waals surface area contributed by atoms with Gasteiger partial charge in [0.2, 0.25) is 0 Å². The summed E-state index contributed by atoms with van der Waals surface area (Å²) < 4.78 is 22.8. The third-order valence-corrected chi connectivity index (χ3v) is 9.47. The number of ether oxygens (including phenoxy) is 4. The Morgan fingerprint density at radius 2 is 1.51 bits per heavy atom. The van der Waals surface area contributed by atoms with Gasteiger partial charge in [0.15, 0.2) is 6.10 Å². The molecular formula is C26H38O11. The minimum atomic E-state index is -1.89. The van der Waals surface area contributed by atoms with Crippen LogP contribution in [0.15, 0.2) is 11.1 Å². The lowest BCUT2D eigenvalue weighted by molar-refractivity contribution is -0.273. The van der Waals surface area contributed by atoms with E-state index < -0.39 is 82.5 Å². The normalized spacial score (nSPS) is 46.3. The molecule has 2 saturated carbocycles. The van der Waals surface area contributed by atoms with Gasteiger partial charge in [-0.3, -0.25) is 14.4 Å². The first-order chi connectivity index (χ1) is 16.9. The minimum absolute atomic E-state index is 0.112. The van der Waals surface area contributed by atoms with Crippen molar-refractivity contribution in [3.05, 3.63) is 11.1 Å². The van der Waals surface area contributed by atoms with Crippen molar-refractivity contribution in [3.63, 3.8) is 0 Å². The van der Waals surface area contributed by atoms with E-state index in [4.69, 9.17) is 18.9 Å². The van der Waals surface area contributed by atoms with Crippen LogP contribution in [0.2, 0.25) is 0 Å². The van der Waals surface area contributed by atoms with Crippen LogP contribution in [-0.2, 0) is 33.3 Å². The maximum atomic E-state index is 12.5. The highest BCUT2D eigenvalue weighted by molar-refractivity contribution is 5.68. The Morgan fingerprint density at radius 1 is 0.946 bits per heavy atom. The van der Waals surface area contributed by atoms with Gasteiger partial charge in [0, 0.05) is 50.4 Å². The van der Waals surface area contributed by atoms with Crippen molar-refractivity contribution in [2.24, 2.45) is 16.7 Å². The molecule has 0 radical (unpaired) electrons. The van der Waals surface area contributed by atoms with E-state index in [1.165, 1.54) is 20.8 Å². The largest absolute Gasteiger partial charge is 0.459 e. The van der Waals surface area contributed by atoms with Crippen LogP contribution in [0.1, 0.15) is 61.3 Å². The predicted octanol–water partition coefficient (Wildman–Crippen LogP) is 0.151. The molecule has 3 fully saturated rings. The third-order valence-electron chi connectivity index (χ3n) is 9.47. The van der Waals surface area contributed by atoms with Crippen molar-refractivity contribution in [2.75, 3.05) is 6.61 Å². The molecule has 1 saturated heterocycles. The van der Waals surface area contributed by atoms with Crippen LogP contribution in [-0.4, -0.2) is 92.8 Å². The Morgan fingerprint density at radius 3 is 2.05 bits per heavy atom. The SMILES string of the molecule is CC(=O)O[C@H]1C[C@@]2(O)[C@H]3OC[C@]4(O)[C@@H](OC(C)=O)C[C@H](O)[C@](C)([C@H]34)[C@@H](O)[C@H](OC(C)=O)C(=C1C)C2(C)C. The molecule has 10 atom stereocenters. The summed E-state index contributed by atoms with van der Waals surface area (Å²) in [6.07, 6.45) is -7.88. The molecule has 2 bridgehead atoms. The molecule has 1 heterocycles. The number of hydrogen-bond donors (Lipinski definition) is 4. The number of fused-ring (bicyclic) bond motifs is 3. The van der Waals surface area contributed by atoms with Crippen molar-refractivity contribution in [2.45, 2.75) is 109 Å². The first-order valence-electron chi connectivity index (χ1n) is 12.6. The molecule has 4 N–H and O–H groups in total. The third kappa shape index (κ3) is 3.76. The second-order valence-electron chi connectivity index (χ2n) is 11.8. The molecule has 208 valence electrons. The quantitative estimate of drug-likeness (QED) is 0.224. The van der Waals surface area contributed by atoms with E-state index >= 15 is 0 Å². The summed E-state index contributed by atoms with van der Waals surface area (Å²) in [7, 11) is 0. The second kappa shape index (κ2) is 8.74. The number of carbonyl (C=O) groups is 3. The number of esters is 3. The lowest BCUT2D eigenvalue weighted by Gasteiger charge is -2.63. The lowest BCUT2D eigenvalue weighted by Crippen LogP contribution is -2.75. The Bertz CT molecular complexity index is 1040. The number of rotatable bonds is 3. The summed E-state index contributed by atoms with van der Waals surface area (Å²) in [6, 6.07) is 0. The van der Waals surface area contributed by atoms with Crippen molar-refractivity contribution < 1.29 is 53.8 Å². The van der Waals surface area contributed by atoms with E-state index in [0.29, 0.717) is 11.1 Å². The molecule has 0 aromatic rings. The van der Waals surface area contributed by atoms with E-state index in [2.05, 4.69) is 0 Å². The van der Waals surface area contributed by atoms with Gasteiger partial charge >= 0.3 is 17.9 Å². The Balaban J connectivity index is 2.03. The maximum Gasteiger partial charge on any atom is 0.303 e. The summed E-state index contributed by atoms with van der Waals surface area (Å²) in [4.78, 5) is 36.2. The van der Waals surface area contributed by atoms with Gasteiger partial charge in [-0.05, 0) is 18.1 Å². The molecule has 11 nitrogen and oxygen atoms in total. The van der Waals surface area contributed by atoms with Gasteiger partial charge in [-0.15, -0.1) is 0 Å². The molecule has 3 aliphatic carbocycles. The highest BCUT2D eigenvalue weighted by Crippen LogP contribution is 2.65. The molecule has 0 amide bonds. The van der Waals surface area contributed by atoms with Gasteiger partial charge in [-0.1, -0.05) is 20.8 Å². The molecular weight excluding hydrogens is 488 g/mol. The van der Waals surface area contributed by atoms with Gasteiger partial charge < -0.3 is 39.4 Å². The smallest absolute Gasteiger partial charge is 0.303 e. The van der Waals surface area contributed by atoms with Gasteiger partial charge in [0.25, 0.3) is 0 Å². The van der Waals surface area contributed by atoms with Crippen LogP contribution < -0.4 is 0 Å². The highest BCUT2D eigenvalue weighted by Gasteiger charge is 2.76. The Hall–Kier alpha value is -2.05.